The molecule has 3 heteroatoms. The Morgan fingerprint density at radius 2 is 1.35 bits per heavy atom. The maximum atomic E-state index is 8.00. The molecule has 0 saturated heterocycles. The van der Waals surface area contributed by atoms with Gasteiger partial charge in [0.15, 0.2) is 0 Å². The molecule has 2 N–H and O–H groups in total. The predicted molar refractivity (Wildman–Crippen MR) is 101 cm³/mol. The third kappa shape index (κ3) is 15.5. The highest BCUT2D eigenvalue weighted by atomic mass is 16.2. The van der Waals surface area contributed by atoms with Crippen molar-refractivity contribution in [1.82, 2.24) is 5.32 Å². The van der Waals surface area contributed by atoms with Crippen LogP contribution in [0.1, 0.15) is 69.9 Å². The molecular formula is C20H37NO2. The summed E-state index contributed by atoms with van der Waals surface area (Å²) in [5.74, 6) is 0. The van der Waals surface area contributed by atoms with E-state index >= 15 is 0 Å². The van der Waals surface area contributed by atoms with Crippen molar-refractivity contribution in [1.29, 1.82) is 0 Å². The lowest BCUT2D eigenvalue weighted by Crippen LogP contribution is -2.14. The lowest BCUT2D eigenvalue weighted by atomic mass is 10.0. The van der Waals surface area contributed by atoms with E-state index in [1.807, 2.05) is 6.79 Å². The van der Waals surface area contributed by atoms with Crippen molar-refractivity contribution in [2.45, 2.75) is 71.8 Å². The second-order valence-corrected chi connectivity index (χ2v) is 5.51. The number of hydrogen-bond acceptors (Lipinski definition) is 3. The number of aliphatic hydroxyl groups excluding tert-OH is 1. The lowest BCUT2D eigenvalue weighted by molar-refractivity contribution is -0.0979. The van der Waals surface area contributed by atoms with Gasteiger partial charge < -0.3 is 15.2 Å². The monoisotopic (exact) mass is 323 g/mol. The molecule has 0 saturated carbocycles. The van der Waals surface area contributed by atoms with E-state index in [0.29, 0.717) is 0 Å². The van der Waals surface area contributed by atoms with Gasteiger partial charge in [-0.1, -0.05) is 70.2 Å². The number of carbonyl (C=O) groups excluding carboxylic acids is 1. The minimum Gasteiger partial charge on any atom is -0.400 e. The van der Waals surface area contributed by atoms with E-state index in [-0.39, 0.29) is 0 Å². The molecule has 3 nitrogen and oxygen atoms in total. The van der Waals surface area contributed by atoms with Gasteiger partial charge in [0.1, 0.15) is 6.79 Å². The van der Waals surface area contributed by atoms with Crippen molar-refractivity contribution < 1.29 is 9.90 Å². The molecule has 0 spiro atoms. The molecule has 0 unspecified atom stereocenters. The zero-order chi connectivity index (χ0) is 17.8. The molecule has 0 aliphatic carbocycles. The van der Waals surface area contributed by atoms with Crippen LogP contribution in [0.15, 0.2) is 24.3 Å². The Kier molecular flexibility index (Phi) is 21.8. The van der Waals surface area contributed by atoms with Crippen LogP contribution in [0.2, 0.25) is 0 Å². The van der Waals surface area contributed by atoms with Crippen LogP contribution in [0.25, 0.3) is 0 Å². The first-order valence-corrected chi connectivity index (χ1v) is 8.89. The molecule has 0 aliphatic heterocycles. The Balaban J connectivity index is 0. The first kappa shape index (κ1) is 24.1. The molecule has 134 valence electrons. The van der Waals surface area contributed by atoms with Crippen LogP contribution in [0.3, 0.4) is 0 Å². The molecule has 0 aromatic heterocycles. The first-order chi connectivity index (χ1) is 11.4. The average molecular weight is 324 g/mol. The highest BCUT2D eigenvalue weighted by Crippen LogP contribution is 2.10. The van der Waals surface area contributed by atoms with E-state index in [0.717, 1.165) is 20.2 Å². The van der Waals surface area contributed by atoms with Crippen LogP contribution in [0, 0.1) is 0 Å². The van der Waals surface area contributed by atoms with E-state index in [2.05, 4.69) is 43.4 Å². The van der Waals surface area contributed by atoms with E-state index in [1.54, 1.807) is 0 Å². The first-order valence-electron chi connectivity index (χ1n) is 8.89. The zero-order valence-corrected chi connectivity index (χ0v) is 15.4. The van der Waals surface area contributed by atoms with Crippen LogP contribution in [-0.2, 0) is 17.8 Å². The van der Waals surface area contributed by atoms with Gasteiger partial charge in [-0.2, -0.15) is 0 Å². The summed E-state index contributed by atoms with van der Waals surface area (Å²) < 4.78 is 0. The van der Waals surface area contributed by atoms with E-state index in [4.69, 9.17) is 9.90 Å². The second-order valence-electron chi connectivity index (χ2n) is 5.51. The van der Waals surface area contributed by atoms with Gasteiger partial charge in [-0.15, -0.1) is 0 Å². The number of aliphatic hydroxyl groups is 1. The Morgan fingerprint density at radius 1 is 0.826 bits per heavy atom. The number of benzene rings is 1. The molecule has 1 rings (SSSR count). The topological polar surface area (TPSA) is 49.3 Å². The molecule has 0 amide bonds. The summed E-state index contributed by atoms with van der Waals surface area (Å²) in [6, 6.07) is 9.16. The quantitative estimate of drug-likeness (QED) is 0.589. The molecule has 0 atom stereocenters. The van der Waals surface area contributed by atoms with Crippen LogP contribution < -0.4 is 5.32 Å². The molecule has 1 aromatic carbocycles. The van der Waals surface area contributed by atoms with E-state index < -0.39 is 0 Å². The largest absolute Gasteiger partial charge is 0.400 e. The smallest absolute Gasteiger partial charge is 0.106 e. The van der Waals surface area contributed by atoms with Crippen molar-refractivity contribution >= 4 is 6.79 Å². The van der Waals surface area contributed by atoms with Gasteiger partial charge in [0.05, 0.1) is 0 Å². The Labute approximate surface area is 143 Å². The molecular weight excluding hydrogens is 286 g/mol. The summed E-state index contributed by atoms with van der Waals surface area (Å²) in [5, 5.41) is 10.5. The van der Waals surface area contributed by atoms with Crippen molar-refractivity contribution in [3.05, 3.63) is 35.4 Å². The molecule has 23 heavy (non-hydrogen) atoms. The van der Waals surface area contributed by atoms with Crippen LogP contribution in [0.5, 0.6) is 0 Å². The fourth-order valence-corrected chi connectivity index (χ4v) is 2.29. The Morgan fingerprint density at radius 3 is 1.91 bits per heavy atom. The standard InChI is InChI=1S/C18H31N.CH4O.CH2O/c1-3-5-7-8-9-10-17-11-13-18(14-12-17)16-19-15-6-4-2;2*1-2/h11-14,19H,3-10,15-16H2,1-2H3;2H,1H3;1H2. The SMILES string of the molecule is C=O.CCCCCCCc1ccc(CNCCCC)cc1.CO. The minimum absolute atomic E-state index is 1.00. The molecule has 0 radical (unpaired) electrons. The van der Waals surface area contributed by atoms with Gasteiger partial charge in [-0.05, 0) is 36.9 Å². The molecule has 0 aliphatic rings. The average Bonchev–Trinajstić information content (AvgIpc) is 2.63. The highest BCUT2D eigenvalue weighted by Gasteiger charge is 1.96. The Hall–Kier alpha value is -1.19. The zero-order valence-electron chi connectivity index (χ0n) is 15.4. The molecule has 1 aromatic rings. The van der Waals surface area contributed by atoms with Crippen molar-refractivity contribution in [3.63, 3.8) is 0 Å². The highest BCUT2D eigenvalue weighted by molar-refractivity contribution is 5.22. The Bertz CT molecular complexity index is 325. The van der Waals surface area contributed by atoms with Crippen molar-refractivity contribution in [2.75, 3.05) is 13.7 Å². The van der Waals surface area contributed by atoms with E-state index in [1.165, 1.54) is 62.5 Å². The number of carbonyl (C=O) groups is 1. The van der Waals surface area contributed by atoms with Gasteiger partial charge in [-0.3, -0.25) is 0 Å². The third-order valence-electron chi connectivity index (χ3n) is 3.63. The van der Waals surface area contributed by atoms with Crippen molar-refractivity contribution in [3.8, 4) is 0 Å². The summed E-state index contributed by atoms with van der Waals surface area (Å²) >= 11 is 0. The third-order valence-corrected chi connectivity index (χ3v) is 3.63. The predicted octanol–water partition coefficient (Wildman–Crippen LogP) is 4.51. The number of rotatable bonds is 11. The van der Waals surface area contributed by atoms with Crippen LogP contribution in [0.4, 0.5) is 0 Å². The van der Waals surface area contributed by atoms with Gasteiger partial charge in [0.25, 0.3) is 0 Å². The summed E-state index contributed by atoms with van der Waals surface area (Å²) in [6.07, 6.45) is 10.6. The normalized spacial score (nSPS) is 9.39. The number of aryl methyl sites for hydroxylation is 1. The van der Waals surface area contributed by atoms with Crippen LogP contribution in [-0.4, -0.2) is 25.6 Å². The number of unbranched alkanes of at least 4 members (excludes halogenated alkanes) is 5. The molecule has 0 bridgehead atoms. The molecule has 0 heterocycles. The maximum absolute atomic E-state index is 8.00. The summed E-state index contributed by atoms with van der Waals surface area (Å²) in [6.45, 7) is 8.65. The summed E-state index contributed by atoms with van der Waals surface area (Å²) in [7, 11) is 1.00. The van der Waals surface area contributed by atoms with Gasteiger partial charge >= 0.3 is 0 Å². The summed E-state index contributed by atoms with van der Waals surface area (Å²) in [5.41, 5.74) is 2.90. The van der Waals surface area contributed by atoms with Crippen LogP contribution >= 0.6 is 0 Å². The van der Waals surface area contributed by atoms with Gasteiger partial charge in [0, 0.05) is 13.7 Å². The number of nitrogens with one attached hydrogen (secondary N) is 1. The number of hydrogen-bond donors (Lipinski definition) is 2. The maximum Gasteiger partial charge on any atom is 0.106 e. The lowest BCUT2D eigenvalue weighted by Gasteiger charge is -2.06. The van der Waals surface area contributed by atoms with Gasteiger partial charge in [0.2, 0.25) is 0 Å². The van der Waals surface area contributed by atoms with Crippen molar-refractivity contribution in [2.24, 2.45) is 0 Å². The molecule has 0 fully saturated rings. The fraction of sp³-hybridized carbons (Fsp3) is 0.650. The van der Waals surface area contributed by atoms with Gasteiger partial charge in [-0.25, -0.2) is 0 Å². The summed E-state index contributed by atoms with van der Waals surface area (Å²) in [4.78, 5) is 8.00. The van der Waals surface area contributed by atoms with E-state index in [9.17, 15) is 0 Å². The fourth-order valence-electron chi connectivity index (χ4n) is 2.29. The minimum atomic E-state index is 1.00. The second kappa shape index (κ2) is 20.8.